The molecular weight excluding hydrogens is 448 g/mol. The summed E-state index contributed by atoms with van der Waals surface area (Å²) in [6.45, 7) is 31.8. The summed E-state index contributed by atoms with van der Waals surface area (Å²) in [5.74, 6) is 0. The van der Waals surface area contributed by atoms with Gasteiger partial charge in [0.15, 0.2) is 0 Å². The maximum absolute atomic E-state index is 6.99. The van der Waals surface area contributed by atoms with Gasteiger partial charge in [-0.3, -0.25) is 0 Å². The van der Waals surface area contributed by atoms with Crippen LogP contribution in [0.3, 0.4) is 0 Å². The van der Waals surface area contributed by atoms with E-state index in [0.717, 1.165) is 11.5 Å². The molecule has 1 nitrogen and oxygen atoms in total. The van der Waals surface area contributed by atoms with Crippen molar-refractivity contribution in [3.63, 3.8) is 0 Å². The Bertz CT molecular complexity index is 535. The van der Waals surface area contributed by atoms with Crippen molar-refractivity contribution in [3.8, 4) is 0 Å². The standard InChI is InChI=1S/C28H56ClNP2/c1-25(2,3)31(26(4,5)6)21-19-30(24-18-16-14-13-15-17-23(24)29)20-22-32(27(7,8)9)28(10,11)12/h13-22H2,1-12H3/b24-23-. The predicted octanol–water partition coefficient (Wildman–Crippen LogP) is 10.3. The zero-order valence-electron chi connectivity index (χ0n) is 23.8. The summed E-state index contributed by atoms with van der Waals surface area (Å²) in [5, 5.41) is 2.67. The minimum atomic E-state index is -0.0957. The highest BCUT2D eigenvalue weighted by Gasteiger charge is 2.36. The van der Waals surface area contributed by atoms with Gasteiger partial charge in [-0.25, -0.2) is 0 Å². The molecule has 0 aromatic rings. The molecule has 0 amide bonds. The fourth-order valence-electron chi connectivity index (χ4n) is 5.71. The van der Waals surface area contributed by atoms with Crippen molar-refractivity contribution in [1.82, 2.24) is 4.90 Å². The van der Waals surface area contributed by atoms with Crippen LogP contribution in [0.5, 0.6) is 0 Å². The molecule has 0 saturated carbocycles. The molecule has 4 heteroatoms. The monoisotopic (exact) mass is 503 g/mol. The van der Waals surface area contributed by atoms with E-state index >= 15 is 0 Å². The maximum atomic E-state index is 6.99. The molecule has 1 aliphatic rings. The van der Waals surface area contributed by atoms with Crippen molar-refractivity contribution < 1.29 is 0 Å². The Hall–Kier alpha value is 0.690. The Morgan fingerprint density at radius 2 is 0.938 bits per heavy atom. The molecule has 0 aromatic heterocycles. The molecule has 0 heterocycles. The molecule has 32 heavy (non-hydrogen) atoms. The van der Waals surface area contributed by atoms with Gasteiger partial charge in [-0.15, -0.1) is 0 Å². The number of hydrogen-bond donors (Lipinski definition) is 0. The van der Waals surface area contributed by atoms with Gasteiger partial charge >= 0.3 is 0 Å². The lowest BCUT2D eigenvalue weighted by molar-refractivity contribution is 0.358. The first-order valence-electron chi connectivity index (χ1n) is 13.0. The lowest BCUT2D eigenvalue weighted by atomic mass is 10.0. The molecule has 190 valence electrons. The molecule has 0 N–H and O–H groups in total. The van der Waals surface area contributed by atoms with Gasteiger partial charge in [0.25, 0.3) is 0 Å². The van der Waals surface area contributed by atoms with Crippen molar-refractivity contribution in [2.45, 2.75) is 142 Å². The third-order valence-corrected chi connectivity index (χ3v) is 14.9. The highest BCUT2D eigenvalue weighted by molar-refractivity contribution is 7.61. The van der Waals surface area contributed by atoms with Crippen molar-refractivity contribution in [3.05, 3.63) is 10.7 Å². The van der Waals surface area contributed by atoms with Gasteiger partial charge in [0.1, 0.15) is 0 Å². The van der Waals surface area contributed by atoms with Crippen LogP contribution in [0.1, 0.15) is 122 Å². The highest BCUT2D eigenvalue weighted by Crippen LogP contribution is 2.60. The summed E-state index contributed by atoms with van der Waals surface area (Å²) in [5.41, 5.74) is 1.49. The van der Waals surface area contributed by atoms with E-state index in [2.05, 4.69) is 88.0 Å². The van der Waals surface area contributed by atoms with Crippen molar-refractivity contribution in [1.29, 1.82) is 0 Å². The zero-order valence-corrected chi connectivity index (χ0v) is 26.3. The number of halogens is 1. The Balaban J connectivity index is 3.19. The van der Waals surface area contributed by atoms with Crippen LogP contribution in [0.4, 0.5) is 0 Å². The molecule has 0 unspecified atom stereocenters. The Kier molecular flexibility index (Phi) is 11.6. The maximum Gasteiger partial charge on any atom is 0.0372 e. The molecule has 0 atom stereocenters. The van der Waals surface area contributed by atoms with E-state index in [1.807, 2.05) is 0 Å². The quantitative estimate of drug-likeness (QED) is 0.312. The molecule has 0 bridgehead atoms. The normalized spacial score (nSPS) is 20.0. The Morgan fingerprint density at radius 1 is 0.594 bits per heavy atom. The van der Waals surface area contributed by atoms with E-state index in [4.69, 9.17) is 11.6 Å². The van der Waals surface area contributed by atoms with Crippen LogP contribution < -0.4 is 0 Å². The summed E-state index contributed by atoms with van der Waals surface area (Å²) >= 11 is 6.99. The molecule has 0 aliphatic heterocycles. The summed E-state index contributed by atoms with van der Waals surface area (Å²) in [6, 6.07) is 0. The van der Waals surface area contributed by atoms with E-state index in [9.17, 15) is 0 Å². The Labute approximate surface area is 210 Å². The van der Waals surface area contributed by atoms with E-state index in [1.165, 1.54) is 63.2 Å². The van der Waals surface area contributed by atoms with Crippen LogP contribution in [0.15, 0.2) is 10.7 Å². The second kappa shape index (κ2) is 12.1. The number of hydrogen-bond acceptors (Lipinski definition) is 1. The summed E-state index contributed by atoms with van der Waals surface area (Å²) in [7, 11) is -0.191. The summed E-state index contributed by atoms with van der Waals surface area (Å²) in [6.07, 6.45) is 10.1. The molecule has 0 saturated heterocycles. The average molecular weight is 504 g/mol. The SMILES string of the molecule is CC(C)(C)P(CCN(CCP(C(C)(C)C)C(C)(C)C)/C1=C(\Cl)CCCCCC1)C(C)(C)C. The van der Waals surface area contributed by atoms with Crippen LogP contribution in [0.2, 0.25) is 0 Å². The van der Waals surface area contributed by atoms with Crippen LogP contribution >= 0.6 is 27.4 Å². The number of rotatable bonds is 7. The molecule has 0 aromatic carbocycles. The van der Waals surface area contributed by atoms with Gasteiger partial charge < -0.3 is 4.90 Å². The van der Waals surface area contributed by atoms with Crippen molar-refractivity contribution >= 4 is 27.4 Å². The second-order valence-electron chi connectivity index (χ2n) is 13.7. The number of nitrogens with zero attached hydrogens (tertiary/aromatic N) is 1. The Morgan fingerprint density at radius 3 is 1.28 bits per heavy atom. The topological polar surface area (TPSA) is 3.24 Å². The van der Waals surface area contributed by atoms with Gasteiger partial charge in [0.05, 0.1) is 0 Å². The van der Waals surface area contributed by atoms with Gasteiger partial charge in [-0.2, -0.15) is 0 Å². The predicted molar refractivity (Wildman–Crippen MR) is 155 cm³/mol. The first kappa shape index (κ1) is 30.7. The second-order valence-corrected chi connectivity index (χ2v) is 22.2. The number of allylic oxidation sites excluding steroid dienone is 2. The molecule has 0 spiro atoms. The highest BCUT2D eigenvalue weighted by atomic mass is 35.5. The molecule has 1 rings (SSSR count). The fourth-order valence-corrected chi connectivity index (χ4v) is 13.7. The van der Waals surface area contributed by atoms with Crippen LogP contribution in [-0.4, -0.2) is 50.9 Å². The van der Waals surface area contributed by atoms with Crippen molar-refractivity contribution in [2.75, 3.05) is 25.4 Å². The minimum absolute atomic E-state index is 0.0957. The van der Waals surface area contributed by atoms with Gasteiger partial charge in [0, 0.05) is 23.8 Å². The van der Waals surface area contributed by atoms with E-state index in [-0.39, 0.29) is 15.8 Å². The van der Waals surface area contributed by atoms with Crippen LogP contribution in [0.25, 0.3) is 0 Å². The fraction of sp³-hybridized carbons (Fsp3) is 0.929. The first-order valence-corrected chi connectivity index (χ1v) is 16.5. The molecule has 0 radical (unpaired) electrons. The lowest BCUT2D eigenvalue weighted by Gasteiger charge is -2.45. The lowest BCUT2D eigenvalue weighted by Crippen LogP contribution is -2.36. The largest absolute Gasteiger partial charge is 0.373 e. The molecule has 0 fully saturated rings. The summed E-state index contributed by atoms with van der Waals surface area (Å²) in [4.78, 5) is 2.76. The molecular formula is C28H56ClNP2. The van der Waals surface area contributed by atoms with Crippen LogP contribution in [-0.2, 0) is 0 Å². The van der Waals surface area contributed by atoms with E-state index in [0.29, 0.717) is 20.6 Å². The molecule has 1 aliphatic carbocycles. The third-order valence-electron chi connectivity index (χ3n) is 6.68. The first-order chi connectivity index (χ1) is 14.3. The summed E-state index contributed by atoms with van der Waals surface area (Å²) < 4.78 is 0. The van der Waals surface area contributed by atoms with Gasteiger partial charge in [-0.05, 0) is 58.6 Å². The minimum Gasteiger partial charge on any atom is -0.373 e. The van der Waals surface area contributed by atoms with E-state index in [1.54, 1.807) is 0 Å². The zero-order chi connectivity index (χ0) is 25.0. The average Bonchev–Trinajstić information content (AvgIpc) is 2.53. The van der Waals surface area contributed by atoms with E-state index < -0.39 is 0 Å². The van der Waals surface area contributed by atoms with Crippen LogP contribution in [0, 0.1) is 0 Å². The smallest absolute Gasteiger partial charge is 0.0372 e. The van der Waals surface area contributed by atoms with Gasteiger partial charge in [0.2, 0.25) is 0 Å². The van der Waals surface area contributed by atoms with Gasteiger partial charge in [-0.1, -0.05) is 123 Å². The van der Waals surface area contributed by atoms with Crippen molar-refractivity contribution in [2.24, 2.45) is 0 Å². The third kappa shape index (κ3) is 10.1.